The zero-order chi connectivity index (χ0) is 12.7. The summed E-state index contributed by atoms with van der Waals surface area (Å²) >= 11 is 1.69. The number of thiazole rings is 1. The van der Waals surface area contributed by atoms with Gasteiger partial charge >= 0.3 is 0 Å². The second kappa shape index (κ2) is 4.10. The van der Waals surface area contributed by atoms with Crippen molar-refractivity contribution < 1.29 is 5.11 Å². The molecule has 1 aromatic heterocycles. The highest BCUT2D eigenvalue weighted by Gasteiger charge is 2.12. The lowest BCUT2D eigenvalue weighted by Gasteiger charge is -2.07. The molecule has 3 rings (SSSR count). The van der Waals surface area contributed by atoms with E-state index >= 15 is 0 Å². The number of fused-ring (bicyclic) bond motifs is 1. The van der Waals surface area contributed by atoms with Gasteiger partial charge in [0.25, 0.3) is 0 Å². The molecule has 0 spiro atoms. The van der Waals surface area contributed by atoms with Gasteiger partial charge in [0.1, 0.15) is 10.8 Å². The van der Waals surface area contributed by atoms with Gasteiger partial charge in [0.15, 0.2) is 0 Å². The number of aryl methyl sites for hydroxylation is 2. The highest BCUT2D eigenvalue weighted by atomic mass is 32.1. The molecule has 0 aliphatic rings. The summed E-state index contributed by atoms with van der Waals surface area (Å²) in [6, 6.07) is 11.7. The molecule has 18 heavy (non-hydrogen) atoms. The number of nitrogens with zero attached hydrogens (tertiary/aromatic N) is 1. The number of hydrogen-bond donors (Lipinski definition) is 1. The topological polar surface area (TPSA) is 33.1 Å². The summed E-state index contributed by atoms with van der Waals surface area (Å²) in [5.41, 5.74) is 4.29. The van der Waals surface area contributed by atoms with Gasteiger partial charge in [0.2, 0.25) is 0 Å². The maximum atomic E-state index is 9.59. The van der Waals surface area contributed by atoms with E-state index in [2.05, 4.69) is 11.1 Å². The van der Waals surface area contributed by atoms with E-state index in [0.29, 0.717) is 5.75 Å². The lowest BCUT2D eigenvalue weighted by Crippen LogP contribution is -1.87. The number of rotatable bonds is 1. The molecule has 0 fully saturated rings. The minimum absolute atomic E-state index is 0.315. The van der Waals surface area contributed by atoms with Crippen LogP contribution in [0.15, 0.2) is 36.4 Å². The molecule has 0 bridgehead atoms. The van der Waals surface area contributed by atoms with Crippen LogP contribution in [0.2, 0.25) is 0 Å². The van der Waals surface area contributed by atoms with Crippen molar-refractivity contribution in [1.82, 2.24) is 4.98 Å². The number of aromatic nitrogens is 1. The zero-order valence-electron chi connectivity index (χ0n) is 10.3. The van der Waals surface area contributed by atoms with Gasteiger partial charge in [0, 0.05) is 5.56 Å². The van der Waals surface area contributed by atoms with Crippen LogP contribution in [-0.2, 0) is 0 Å². The van der Waals surface area contributed by atoms with Gasteiger partial charge in [-0.15, -0.1) is 11.3 Å². The molecule has 0 atom stereocenters. The van der Waals surface area contributed by atoms with E-state index < -0.39 is 0 Å². The van der Waals surface area contributed by atoms with Gasteiger partial charge in [-0.25, -0.2) is 4.98 Å². The van der Waals surface area contributed by atoms with Crippen molar-refractivity contribution in [1.29, 1.82) is 0 Å². The Kier molecular flexibility index (Phi) is 2.56. The number of phenols is 1. The monoisotopic (exact) mass is 255 g/mol. The van der Waals surface area contributed by atoms with Crippen LogP contribution < -0.4 is 0 Å². The molecule has 0 amide bonds. The summed E-state index contributed by atoms with van der Waals surface area (Å²) in [6.07, 6.45) is 0. The molecule has 0 unspecified atom stereocenters. The molecule has 0 aliphatic carbocycles. The third kappa shape index (κ3) is 1.77. The molecule has 1 heterocycles. The molecule has 0 radical (unpaired) electrons. The van der Waals surface area contributed by atoms with E-state index in [4.69, 9.17) is 0 Å². The van der Waals surface area contributed by atoms with Crippen LogP contribution in [0, 0.1) is 13.8 Å². The number of phenolic OH excluding ortho intramolecular Hbond substituents is 1. The first-order valence-electron chi connectivity index (χ1n) is 5.81. The van der Waals surface area contributed by atoms with Gasteiger partial charge in [-0.05, 0) is 49.2 Å². The third-order valence-electron chi connectivity index (χ3n) is 3.03. The Hall–Kier alpha value is -1.87. The standard InChI is InChI=1S/C15H13NOS/c1-9-7-11(17)8-10(2)14(9)15-16-12-5-3-4-6-13(12)18-15/h3-8,17H,1-2H3. The van der Waals surface area contributed by atoms with Crippen LogP contribution in [0.5, 0.6) is 5.75 Å². The molecule has 0 aliphatic heterocycles. The first-order chi connectivity index (χ1) is 8.65. The highest BCUT2D eigenvalue weighted by molar-refractivity contribution is 7.21. The van der Waals surface area contributed by atoms with Crippen LogP contribution in [-0.4, -0.2) is 10.1 Å². The maximum absolute atomic E-state index is 9.59. The number of para-hydroxylation sites is 1. The Bertz CT molecular complexity index is 674. The molecule has 3 aromatic rings. The molecule has 3 heteroatoms. The maximum Gasteiger partial charge on any atom is 0.125 e. The Morgan fingerprint density at radius 1 is 1.06 bits per heavy atom. The van der Waals surface area contributed by atoms with Gasteiger partial charge in [0.05, 0.1) is 10.2 Å². The fourth-order valence-corrected chi connectivity index (χ4v) is 3.40. The Balaban J connectivity index is 2.26. The zero-order valence-corrected chi connectivity index (χ0v) is 11.1. The summed E-state index contributed by atoms with van der Waals surface area (Å²) in [6.45, 7) is 4.02. The highest BCUT2D eigenvalue weighted by Crippen LogP contribution is 2.35. The molecule has 1 N–H and O–H groups in total. The number of benzene rings is 2. The molecule has 0 saturated heterocycles. The largest absolute Gasteiger partial charge is 0.508 e. The average molecular weight is 255 g/mol. The van der Waals surface area contributed by atoms with E-state index in [1.54, 1.807) is 23.5 Å². The van der Waals surface area contributed by atoms with Crippen molar-refractivity contribution in [2.24, 2.45) is 0 Å². The summed E-state index contributed by atoms with van der Waals surface area (Å²) in [7, 11) is 0. The summed E-state index contributed by atoms with van der Waals surface area (Å²) in [4.78, 5) is 4.67. The molecule has 0 saturated carbocycles. The predicted molar refractivity (Wildman–Crippen MR) is 76.2 cm³/mol. The van der Waals surface area contributed by atoms with Crippen molar-refractivity contribution in [2.45, 2.75) is 13.8 Å². The van der Waals surface area contributed by atoms with Crippen molar-refractivity contribution in [2.75, 3.05) is 0 Å². The Morgan fingerprint density at radius 3 is 2.39 bits per heavy atom. The minimum Gasteiger partial charge on any atom is -0.508 e. The Morgan fingerprint density at radius 2 is 1.72 bits per heavy atom. The second-order valence-electron chi connectivity index (χ2n) is 4.44. The van der Waals surface area contributed by atoms with Crippen LogP contribution in [0.4, 0.5) is 0 Å². The van der Waals surface area contributed by atoms with Gasteiger partial charge < -0.3 is 5.11 Å². The SMILES string of the molecule is Cc1cc(O)cc(C)c1-c1nc2ccccc2s1. The van der Waals surface area contributed by atoms with Gasteiger partial charge in [-0.3, -0.25) is 0 Å². The molecule has 90 valence electrons. The Labute approximate surface area is 110 Å². The van der Waals surface area contributed by atoms with Crippen molar-refractivity contribution in [3.63, 3.8) is 0 Å². The number of hydrogen-bond acceptors (Lipinski definition) is 3. The third-order valence-corrected chi connectivity index (χ3v) is 4.08. The van der Waals surface area contributed by atoms with Crippen LogP contribution in [0.1, 0.15) is 11.1 Å². The quantitative estimate of drug-likeness (QED) is 0.703. The second-order valence-corrected chi connectivity index (χ2v) is 5.47. The van der Waals surface area contributed by atoms with Crippen molar-refractivity contribution >= 4 is 21.6 Å². The first-order valence-corrected chi connectivity index (χ1v) is 6.63. The van der Waals surface area contributed by atoms with Crippen molar-refractivity contribution in [3.8, 4) is 16.3 Å². The van der Waals surface area contributed by atoms with E-state index in [0.717, 1.165) is 27.2 Å². The van der Waals surface area contributed by atoms with Gasteiger partial charge in [-0.2, -0.15) is 0 Å². The lowest BCUT2D eigenvalue weighted by molar-refractivity contribution is 0.474. The molecular formula is C15H13NOS. The van der Waals surface area contributed by atoms with Crippen LogP contribution in [0.25, 0.3) is 20.8 Å². The number of aromatic hydroxyl groups is 1. The van der Waals surface area contributed by atoms with Crippen LogP contribution >= 0.6 is 11.3 Å². The van der Waals surface area contributed by atoms with E-state index in [1.807, 2.05) is 32.0 Å². The van der Waals surface area contributed by atoms with E-state index in [1.165, 1.54) is 4.70 Å². The lowest BCUT2D eigenvalue weighted by atomic mass is 10.0. The molecule has 2 aromatic carbocycles. The minimum atomic E-state index is 0.315. The molecular weight excluding hydrogens is 242 g/mol. The predicted octanol–water partition coefficient (Wildman–Crippen LogP) is 4.29. The summed E-state index contributed by atoms with van der Waals surface area (Å²) in [5.74, 6) is 0.315. The van der Waals surface area contributed by atoms with E-state index in [9.17, 15) is 5.11 Å². The smallest absolute Gasteiger partial charge is 0.125 e. The van der Waals surface area contributed by atoms with E-state index in [-0.39, 0.29) is 0 Å². The molecule has 2 nitrogen and oxygen atoms in total. The fourth-order valence-electron chi connectivity index (χ4n) is 2.26. The average Bonchev–Trinajstić information content (AvgIpc) is 2.70. The van der Waals surface area contributed by atoms with Crippen LogP contribution in [0.3, 0.4) is 0 Å². The first kappa shape index (κ1) is 11.2. The fraction of sp³-hybridized carbons (Fsp3) is 0.133. The normalized spacial score (nSPS) is 11.0. The van der Waals surface area contributed by atoms with Gasteiger partial charge in [-0.1, -0.05) is 12.1 Å². The summed E-state index contributed by atoms with van der Waals surface area (Å²) < 4.78 is 1.19. The summed E-state index contributed by atoms with van der Waals surface area (Å²) in [5, 5.41) is 10.6. The van der Waals surface area contributed by atoms with Crippen molar-refractivity contribution in [3.05, 3.63) is 47.5 Å².